The number of anilines is 3. The maximum atomic E-state index is 13.0. The van der Waals surface area contributed by atoms with Gasteiger partial charge in [-0.2, -0.15) is 18.3 Å². The van der Waals surface area contributed by atoms with Gasteiger partial charge in [-0.05, 0) is 61.0 Å². The lowest BCUT2D eigenvalue weighted by Gasteiger charge is -2.12. The van der Waals surface area contributed by atoms with Crippen LogP contribution in [0.15, 0.2) is 66.7 Å². The molecule has 0 aliphatic rings. The van der Waals surface area contributed by atoms with E-state index in [4.69, 9.17) is 23.2 Å². The molecule has 0 aliphatic carbocycles. The van der Waals surface area contributed by atoms with E-state index in [9.17, 15) is 27.6 Å². The minimum Gasteiger partial charge on any atom is -0.322 e. The minimum atomic E-state index is -4.57. The molecule has 200 valence electrons. The number of H-pyrrole nitrogens is 1. The van der Waals surface area contributed by atoms with Crippen molar-refractivity contribution >= 4 is 58.1 Å². The molecule has 8 nitrogen and oxygen atoms in total. The normalized spacial score (nSPS) is 11.1. The quantitative estimate of drug-likeness (QED) is 0.202. The van der Waals surface area contributed by atoms with Crippen LogP contribution in [-0.2, 0) is 15.8 Å². The Balaban J connectivity index is 1.43. The van der Waals surface area contributed by atoms with Crippen LogP contribution in [0.25, 0.3) is 11.3 Å². The molecule has 4 rings (SSSR count). The highest BCUT2D eigenvalue weighted by Gasteiger charge is 2.30. The van der Waals surface area contributed by atoms with Gasteiger partial charge in [0.05, 0.1) is 16.3 Å². The van der Waals surface area contributed by atoms with Gasteiger partial charge in [-0.1, -0.05) is 35.3 Å². The van der Waals surface area contributed by atoms with Crippen molar-refractivity contribution in [3.8, 4) is 11.3 Å². The Kier molecular flexibility index (Phi) is 7.93. The van der Waals surface area contributed by atoms with Crippen molar-refractivity contribution < 1.29 is 27.6 Å². The summed E-state index contributed by atoms with van der Waals surface area (Å²) in [6.07, 6.45) is -4.57. The average molecular weight is 576 g/mol. The number of aromatic amines is 1. The van der Waals surface area contributed by atoms with Crippen LogP contribution in [0.3, 0.4) is 0 Å². The molecule has 3 amide bonds. The van der Waals surface area contributed by atoms with Crippen molar-refractivity contribution in [2.24, 2.45) is 0 Å². The molecule has 0 fully saturated rings. The van der Waals surface area contributed by atoms with Crippen molar-refractivity contribution in [2.75, 3.05) is 16.0 Å². The maximum absolute atomic E-state index is 13.0. The Bertz CT molecular complexity index is 1590. The summed E-state index contributed by atoms with van der Waals surface area (Å²) in [5.74, 6) is -2.72. The van der Waals surface area contributed by atoms with Crippen LogP contribution in [0.1, 0.15) is 21.5 Å². The van der Waals surface area contributed by atoms with Gasteiger partial charge in [-0.15, -0.1) is 0 Å². The first kappa shape index (κ1) is 27.7. The van der Waals surface area contributed by atoms with Gasteiger partial charge in [-0.25, -0.2) is 0 Å². The summed E-state index contributed by atoms with van der Waals surface area (Å²) in [5, 5.41) is 14.6. The summed E-state index contributed by atoms with van der Waals surface area (Å²) < 4.78 is 38.9. The number of nitrogens with zero attached hydrogens (tertiary/aromatic N) is 1. The predicted octanol–water partition coefficient (Wildman–Crippen LogP) is 6.54. The number of benzene rings is 3. The second-order valence-electron chi connectivity index (χ2n) is 8.26. The number of carbonyl (C=O) groups excluding carboxylic acids is 3. The summed E-state index contributed by atoms with van der Waals surface area (Å²) in [4.78, 5) is 37.7. The van der Waals surface area contributed by atoms with Gasteiger partial charge < -0.3 is 16.0 Å². The Labute approximate surface area is 229 Å². The van der Waals surface area contributed by atoms with Gasteiger partial charge in [0.2, 0.25) is 0 Å². The first-order chi connectivity index (χ1) is 18.4. The van der Waals surface area contributed by atoms with Crippen LogP contribution in [0, 0.1) is 6.92 Å². The lowest BCUT2D eigenvalue weighted by atomic mass is 10.1. The third-order valence-corrected chi connectivity index (χ3v) is 5.99. The van der Waals surface area contributed by atoms with Gasteiger partial charge in [0.15, 0.2) is 5.82 Å². The van der Waals surface area contributed by atoms with Crippen LogP contribution in [0.5, 0.6) is 0 Å². The van der Waals surface area contributed by atoms with E-state index in [0.717, 1.165) is 12.1 Å². The third-order valence-electron chi connectivity index (χ3n) is 5.44. The summed E-state index contributed by atoms with van der Waals surface area (Å²) >= 11 is 12.1. The molecule has 0 radical (unpaired) electrons. The first-order valence-electron chi connectivity index (χ1n) is 11.1. The van der Waals surface area contributed by atoms with Crippen LogP contribution in [0.4, 0.5) is 30.4 Å². The number of halogens is 5. The highest BCUT2D eigenvalue weighted by atomic mass is 35.5. The van der Waals surface area contributed by atoms with E-state index in [1.54, 1.807) is 25.1 Å². The standard InChI is InChI=1S/C26H18Cl2F3N5O3/c1-13-5-6-14(23(37)32-17-4-2-3-15(10-17)26(29,30)31)9-20(13)33-24(38)25(39)34-22-12-21(35-36-22)18-8-7-16(27)11-19(18)28/h2-12H,1H3,(H,32,37)(H,33,38)(H2,34,35,36,39). The molecule has 3 aromatic carbocycles. The maximum Gasteiger partial charge on any atom is 0.416 e. The second kappa shape index (κ2) is 11.2. The van der Waals surface area contributed by atoms with E-state index in [1.165, 1.54) is 36.4 Å². The van der Waals surface area contributed by atoms with Crippen molar-refractivity contribution in [2.45, 2.75) is 13.1 Å². The minimum absolute atomic E-state index is 0.0468. The van der Waals surface area contributed by atoms with Gasteiger partial charge in [0.25, 0.3) is 5.91 Å². The molecule has 0 spiro atoms. The summed E-state index contributed by atoms with van der Waals surface area (Å²) in [6, 6.07) is 14.7. The zero-order valence-electron chi connectivity index (χ0n) is 19.9. The molecule has 4 N–H and O–H groups in total. The molecule has 39 heavy (non-hydrogen) atoms. The molecule has 0 bridgehead atoms. The molecule has 13 heteroatoms. The number of amides is 3. The fourth-order valence-electron chi connectivity index (χ4n) is 3.46. The number of carbonyl (C=O) groups is 3. The lowest BCUT2D eigenvalue weighted by molar-refractivity contribution is -0.137. The molecule has 0 aliphatic heterocycles. The first-order valence-corrected chi connectivity index (χ1v) is 11.9. The number of hydrogen-bond acceptors (Lipinski definition) is 4. The van der Waals surface area contributed by atoms with Crippen LogP contribution in [-0.4, -0.2) is 27.9 Å². The van der Waals surface area contributed by atoms with E-state index < -0.39 is 29.5 Å². The van der Waals surface area contributed by atoms with E-state index in [1.807, 2.05) is 0 Å². The number of hydrogen-bond donors (Lipinski definition) is 4. The van der Waals surface area contributed by atoms with Gasteiger partial charge in [-0.3, -0.25) is 19.5 Å². The lowest BCUT2D eigenvalue weighted by Crippen LogP contribution is -2.29. The van der Waals surface area contributed by atoms with Crippen molar-refractivity contribution in [3.05, 3.63) is 93.5 Å². The number of aromatic nitrogens is 2. The van der Waals surface area contributed by atoms with E-state index >= 15 is 0 Å². The molecule has 0 atom stereocenters. The van der Waals surface area contributed by atoms with Crippen molar-refractivity contribution in [1.29, 1.82) is 0 Å². The molecular weight excluding hydrogens is 558 g/mol. The summed E-state index contributed by atoms with van der Waals surface area (Å²) in [5.41, 5.74) is 0.818. The fraction of sp³-hybridized carbons (Fsp3) is 0.0769. The highest BCUT2D eigenvalue weighted by Crippen LogP contribution is 2.31. The average Bonchev–Trinajstić information content (AvgIpc) is 3.32. The predicted molar refractivity (Wildman–Crippen MR) is 142 cm³/mol. The van der Waals surface area contributed by atoms with Crippen LogP contribution < -0.4 is 16.0 Å². The monoisotopic (exact) mass is 575 g/mol. The van der Waals surface area contributed by atoms with E-state index in [0.29, 0.717) is 26.9 Å². The second-order valence-corrected chi connectivity index (χ2v) is 9.11. The largest absolute Gasteiger partial charge is 0.416 e. The summed E-state index contributed by atoms with van der Waals surface area (Å²) in [6.45, 7) is 1.64. The van der Waals surface area contributed by atoms with Crippen molar-refractivity contribution in [1.82, 2.24) is 10.2 Å². The molecule has 4 aromatic rings. The topological polar surface area (TPSA) is 116 Å². The zero-order chi connectivity index (χ0) is 28.3. The number of rotatable bonds is 5. The molecular formula is C26H18Cl2F3N5O3. The van der Waals surface area contributed by atoms with Crippen LogP contribution in [0.2, 0.25) is 10.0 Å². The zero-order valence-corrected chi connectivity index (χ0v) is 21.4. The summed E-state index contributed by atoms with van der Waals surface area (Å²) in [7, 11) is 0. The molecule has 0 saturated heterocycles. The van der Waals surface area contributed by atoms with E-state index in [-0.39, 0.29) is 22.8 Å². The third kappa shape index (κ3) is 6.75. The van der Waals surface area contributed by atoms with Gasteiger partial charge >= 0.3 is 18.0 Å². The van der Waals surface area contributed by atoms with Gasteiger partial charge in [0.1, 0.15) is 0 Å². The molecule has 0 unspecified atom stereocenters. The Morgan fingerprint density at radius 3 is 2.33 bits per heavy atom. The molecule has 1 heterocycles. The van der Waals surface area contributed by atoms with Gasteiger partial charge in [0, 0.05) is 33.6 Å². The molecule has 0 saturated carbocycles. The smallest absolute Gasteiger partial charge is 0.322 e. The Hall–Kier alpha value is -4.35. The van der Waals surface area contributed by atoms with E-state index in [2.05, 4.69) is 26.1 Å². The number of alkyl halides is 3. The molecule has 1 aromatic heterocycles. The Morgan fingerprint density at radius 1 is 0.872 bits per heavy atom. The number of aryl methyl sites for hydroxylation is 1. The fourth-order valence-corrected chi connectivity index (χ4v) is 3.97. The number of nitrogens with one attached hydrogen (secondary N) is 4. The van der Waals surface area contributed by atoms with Crippen LogP contribution >= 0.6 is 23.2 Å². The Morgan fingerprint density at radius 2 is 1.62 bits per heavy atom. The van der Waals surface area contributed by atoms with Crippen molar-refractivity contribution in [3.63, 3.8) is 0 Å². The SMILES string of the molecule is Cc1ccc(C(=O)Nc2cccc(C(F)(F)F)c2)cc1NC(=O)C(=O)Nc1cc(-c2ccc(Cl)cc2Cl)[nH]n1. The highest BCUT2D eigenvalue weighted by molar-refractivity contribution is 6.43.